The summed E-state index contributed by atoms with van der Waals surface area (Å²) in [7, 11) is 2.69. The van der Waals surface area contributed by atoms with Crippen LogP contribution in [0.25, 0.3) is 0 Å². The number of carbonyl (C=O) groups excluding carboxylic acids is 1. The second kappa shape index (κ2) is 8.50. The SMILES string of the molecule is CCOC(=O)C(F)(F)[C@H](N)c1cc(OC)c(Br)cc1OC.Cl. The van der Waals surface area contributed by atoms with E-state index < -0.39 is 17.9 Å². The van der Waals surface area contributed by atoms with E-state index in [2.05, 4.69) is 20.7 Å². The van der Waals surface area contributed by atoms with Gasteiger partial charge in [0.05, 0.1) is 25.3 Å². The number of rotatable bonds is 6. The smallest absolute Gasteiger partial charge is 0.379 e. The summed E-state index contributed by atoms with van der Waals surface area (Å²) in [6.07, 6.45) is 0. The first-order valence-corrected chi connectivity index (χ1v) is 6.80. The lowest BCUT2D eigenvalue weighted by Gasteiger charge is -2.24. The molecule has 2 N–H and O–H groups in total. The molecule has 126 valence electrons. The van der Waals surface area contributed by atoms with Gasteiger partial charge in [-0.3, -0.25) is 0 Å². The van der Waals surface area contributed by atoms with Crippen LogP contribution in [0.2, 0.25) is 0 Å². The number of carbonyl (C=O) groups is 1. The maximum absolute atomic E-state index is 14.0. The van der Waals surface area contributed by atoms with Crippen LogP contribution in [0.5, 0.6) is 11.5 Å². The molecule has 0 saturated carbocycles. The number of methoxy groups -OCH3 is 2. The van der Waals surface area contributed by atoms with Crippen molar-refractivity contribution in [1.82, 2.24) is 0 Å². The third kappa shape index (κ3) is 4.21. The molecule has 0 radical (unpaired) electrons. The Balaban J connectivity index is 0.00000441. The molecular formula is C13H17BrClF2NO4. The molecule has 1 aromatic carbocycles. The zero-order chi connectivity index (χ0) is 16.2. The second-order valence-electron chi connectivity index (χ2n) is 4.05. The molecule has 5 nitrogen and oxygen atoms in total. The molecule has 0 heterocycles. The number of halogens is 4. The minimum Gasteiger partial charge on any atom is -0.496 e. The summed E-state index contributed by atoms with van der Waals surface area (Å²) in [5.74, 6) is -5.16. The first kappa shape index (κ1) is 20.9. The molecule has 0 aromatic heterocycles. The summed E-state index contributed by atoms with van der Waals surface area (Å²) < 4.78 is 43.0. The topological polar surface area (TPSA) is 70.8 Å². The van der Waals surface area contributed by atoms with E-state index in [4.69, 9.17) is 15.2 Å². The fourth-order valence-electron chi connectivity index (χ4n) is 1.68. The lowest BCUT2D eigenvalue weighted by molar-refractivity contribution is -0.174. The predicted molar refractivity (Wildman–Crippen MR) is 83.0 cm³/mol. The molecule has 0 amide bonds. The highest BCUT2D eigenvalue weighted by Crippen LogP contribution is 2.40. The number of esters is 1. The zero-order valence-corrected chi connectivity index (χ0v) is 14.6. The number of hydrogen-bond acceptors (Lipinski definition) is 5. The third-order valence-corrected chi connectivity index (χ3v) is 3.40. The van der Waals surface area contributed by atoms with E-state index in [1.807, 2.05) is 0 Å². The highest BCUT2D eigenvalue weighted by Gasteiger charge is 2.49. The molecule has 0 saturated heterocycles. The predicted octanol–water partition coefficient (Wildman–Crippen LogP) is 3.09. The van der Waals surface area contributed by atoms with Crippen molar-refractivity contribution in [3.63, 3.8) is 0 Å². The van der Waals surface area contributed by atoms with Gasteiger partial charge in [-0.1, -0.05) is 0 Å². The summed E-state index contributed by atoms with van der Waals surface area (Å²) in [6, 6.07) is 0.809. The quantitative estimate of drug-likeness (QED) is 0.738. The molecule has 0 bridgehead atoms. The summed E-state index contributed by atoms with van der Waals surface area (Å²) in [4.78, 5) is 11.4. The first-order valence-electron chi connectivity index (χ1n) is 6.01. The van der Waals surface area contributed by atoms with E-state index in [0.29, 0.717) is 10.2 Å². The Morgan fingerprint density at radius 3 is 2.32 bits per heavy atom. The van der Waals surface area contributed by atoms with E-state index in [-0.39, 0.29) is 30.3 Å². The minimum absolute atomic E-state index is 0. The Kier molecular flexibility index (Phi) is 8.06. The number of hydrogen-bond donors (Lipinski definition) is 1. The molecule has 1 atom stereocenters. The van der Waals surface area contributed by atoms with Gasteiger partial charge in [0.1, 0.15) is 17.5 Å². The van der Waals surface area contributed by atoms with Gasteiger partial charge in [-0.15, -0.1) is 12.4 Å². The monoisotopic (exact) mass is 403 g/mol. The maximum Gasteiger partial charge on any atom is 0.379 e. The lowest BCUT2D eigenvalue weighted by Crippen LogP contribution is -2.41. The van der Waals surface area contributed by atoms with Crippen molar-refractivity contribution >= 4 is 34.3 Å². The van der Waals surface area contributed by atoms with Crippen molar-refractivity contribution in [3.05, 3.63) is 22.2 Å². The molecule has 0 fully saturated rings. The number of nitrogens with two attached hydrogens (primary N) is 1. The molecule has 9 heteroatoms. The molecule has 1 rings (SSSR count). The van der Waals surface area contributed by atoms with Gasteiger partial charge in [-0.25, -0.2) is 4.79 Å². The highest BCUT2D eigenvalue weighted by molar-refractivity contribution is 9.10. The second-order valence-corrected chi connectivity index (χ2v) is 4.90. The Morgan fingerprint density at radius 1 is 1.32 bits per heavy atom. The van der Waals surface area contributed by atoms with Crippen molar-refractivity contribution < 1.29 is 27.8 Å². The average Bonchev–Trinajstić information content (AvgIpc) is 2.46. The molecule has 1 aromatic rings. The third-order valence-electron chi connectivity index (χ3n) is 2.78. The number of ether oxygens (including phenoxy) is 3. The number of benzene rings is 1. The van der Waals surface area contributed by atoms with Crippen molar-refractivity contribution in [1.29, 1.82) is 0 Å². The normalized spacial score (nSPS) is 12.1. The highest BCUT2D eigenvalue weighted by atomic mass is 79.9. The van der Waals surface area contributed by atoms with Crippen LogP contribution in [0.15, 0.2) is 16.6 Å². The van der Waals surface area contributed by atoms with Gasteiger partial charge in [0.25, 0.3) is 0 Å². The van der Waals surface area contributed by atoms with E-state index in [9.17, 15) is 13.6 Å². The van der Waals surface area contributed by atoms with Gasteiger partial charge < -0.3 is 19.9 Å². The van der Waals surface area contributed by atoms with Crippen LogP contribution in [0.1, 0.15) is 18.5 Å². The Bertz CT molecular complexity index is 531. The van der Waals surface area contributed by atoms with Gasteiger partial charge in [0.2, 0.25) is 0 Å². The van der Waals surface area contributed by atoms with Crippen molar-refractivity contribution in [3.8, 4) is 11.5 Å². The molecular weight excluding hydrogens is 387 g/mol. The van der Waals surface area contributed by atoms with Crippen LogP contribution in [-0.2, 0) is 9.53 Å². The van der Waals surface area contributed by atoms with Gasteiger partial charge in [0.15, 0.2) is 0 Å². The molecule has 0 aliphatic carbocycles. The molecule has 0 aliphatic rings. The minimum atomic E-state index is -3.89. The van der Waals surface area contributed by atoms with Crippen LogP contribution < -0.4 is 15.2 Å². The van der Waals surface area contributed by atoms with Crippen LogP contribution >= 0.6 is 28.3 Å². The standard InChI is InChI=1S/C13H16BrF2NO4.ClH/c1-4-21-12(18)13(15,16)11(17)7-5-10(20-3)8(14)6-9(7)19-2;/h5-6,11H,4,17H2,1-3H3;1H/t11-;/m1./s1. The summed E-state index contributed by atoms with van der Waals surface area (Å²) in [5.41, 5.74) is 5.49. The van der Waals surface area contributed by atoms with Crippen LogP contribution in [0, 0.1) is 0 Å². The fraction of sp³-hybridized carbons (Fsp3) is 0.462. The molecule has 22 heavy (non-hydrogen) atoms. The average molecular weight is 405 g/mol. The lowest BCUT2D eigenvalue weighted by atomic mass is 10.00. The van der Waals surface area contributed by atoms with E-state index in [1.54, 1.807) is 0 Å². The van der Waals surface area contributed by atoms with E-state index in [1.165, 1.54) is 33.3 Å². The van der Waals surface area contributed by atoms with Crippen molar-refractivity contribution in [2.45, 2.75) is 18.9 Å². The van der Waals surface area contributed by atoms with Crippen LogP contribution in [0.3, 0.4) is 0 Å². The van der Waals surface area contributed by atoms with Crippen LogP contribution in [-0.4, -0.2) is 32.7 Å². The van der Waals surface area contributed by atoms with Gasteiger partial charge in [-0.2, -0.15) is 8.78 Å². The molecule has 0 spiro atoms. The Hall–Kier alpha value is -1.12. The Morgan fingerprint density at radius 2 is 1.86 bits per heavy atom. The molecule has 0 aliphatic heterocycles. The van der Waals surface area contributed by atoms with Gasteiger partial charge in [0, 0.05) is 5.56 Å². The zero-order valence-electron chi connectivity index (χ0n) is 12.2. The summed E-state index contributed by atoms with van der Waals surface area (Å²) in [5, 5.41) is 0. The van der Waals surface area contributed by atoms with Crippen molar-refractivity contribution in [2.24, 2.45) is 5.73 Å². The molecule has 0 unspecified atom stereocenters. The maximum atomic E-state index is 14.0. The largest absolute Gasteiger partial charge is 0.496 e. The summed E-state index contributed by atoms with van der Waals surface area (Å²) in [6.45, 7) is 1.27. The number of alkyl halides is 2. The summed E-state index contributed by atoms with van der Waals surface area (Å²) >= 11 is 3.21. The Labute approximate surface area is 141 Å². The van der Waals surface area contributed by atoms with Crippen LogP contribution in [0.4, 0.5) is 8.78 Å². The van der Waals surface area contributed by atoms with Gasteiger partial charge >= 0.3 is 11.9 Å². The first-order chi connectivity index (χ1) is 9.79. The van der Waals surface area contributed by atoms with E-state index in [0.717, 1.165) is 0 Å². The van der Waals surface area contributed by atoms with Gasteiger partial charge in [-0.05, 0) is 35.0 Å². The fourth-order valence-corrected chi connectivity index (χ4v) is 2.16. The van der Waals surface area contributed by atoms with E-state index >= 15 is 0 Å². The van der Waals surface area contributed by atoms with Crippen molar-refractivity contribution in [2.75, 3.05) is 20.8 Å².